The van der Waals surface area contributed by atoms with Gasteiger partial charge in [0.05, 0.1) is 17.1 Å². The number of aryl methyl sites for hydroxylation is 2. The summed E-state index contributed by atoms with van der Waals surface area (Å²) in [7, 11) is -4.12. The molecule has 1 heterocycles. The summed E-state index contributed by atoms with van der Waals surface area (Å²) in [6.45, 7) is 5.78. The SMILES string of the molecule is CCOc1ccccc1C(=O)n1ccn(S(=O)(=O)c2ccc(C)c(C)c2)c1=O. The maximum absolute atomic E-state index is 12.9. The predicted molar refractivity (Wildman–Crippen MR) is 105 cm³/mol. The van der Waals surface area contributed by atoms with Crippen molar-refractivity contribution in [3.63, 3.8) is 0 Å². The number of carbonyl (C=O) groups is 1. The third-order valence-electron chi connectivity index (χ3n) is 4.42. The van der Waals surface area contributed by atoms with Crippen LogP contribution in [-0.2, 0) is 10.0 Å². The monoisotopic (exact) mass is 400 g/mol. The lowest BCUT2D eigenvalue weighted by atomic mass is 10.1. The summed E-state index contributed by atoms with van der Waals surface area (Å²) in [5, 5.41) is 0. The van der Waals surface area contributed by atoms with Gasteiger partial charge in [-0.15, -0.1) is 0 Å². The Balaban J connectivity index is 2.06. The van der Waals surface area contributed by atoms with E-state index in [1.54, 1.807) is 38.1 Å². The Morgan fingerprint density at radius 1 is 1.04 bits per heavy atom. The second-order valence-corrected chi connectivity index (χ2v) is 8.05. The minimum absolute atomic E-state index is 0.0161. The largest absolute Gasteiger partial charge is 0.493 e. The highest BCUT2D eigenvalue weighted by Crippen LogP contribution is 2.20. The van der Waals surface area contributed by atoms with Crippen LogP contribution in [0.3, 0.4) is 0 Å². The van der Waals surface area contributed by atoms with Gasteiger partial charge >= 0.3 is 5.69 Å². The standard InChI is InChI=1S/C20H20N2O5S/c1-4-27-18-8-6-5-7-17(18)19(23)21-11-12-22(20(21)24)28(25,26)16-10-9-14(2)15(3)13-16/h5-13H,4H2,1-3H3. The molecular formula is C20H20N2O5S. The van der Waals surface area contributed by atoms with Gasteiger partial charge in [-0.1, -0.05) is 18.2 Å². The first kappa shape index (κ1) is 19.6. The molecule has 2 aromatic carbocycles. The maximum atomic E-state index is 12.9. The van der Waals surface area contributed by atoms with Crippen molar-refractivity contribution in [1.29, 1.82) is 0 Å². The minimum atomic E-state index is -4.12. The molecule has 0 atom stereocenters. The predicted octanol–water partition coefficient (Wildman–Crippen LogP) is 2.59. The summed E-state index contributed by atoms with van der Waals surface area (Å²) in [4.78, 5) is 25.5. The van der Waals surface area contributed by atoms with E-state index in [9.17, 15) is 18.0 Å². The van der Waals surface area contributed by atoms with Gasteiger partial charge in [0.2, 0.25) is 0 Å². The summed E-state index contributed by atoms with van der Waals surface area (Å²) >= 11 is 0. The van der Waals surface area contributed by atoms with Gasteiger partial charge in [0.25, 0.3) is 15.9 Å². The molecule has 7 nitrogen and oxygen atoms in total. The molecule has 0 bridgehead atoms. The Morgan fingerprint density at radius 3 is 2.43 bits per heavy atom. The maximum Gasteiger partial charge on any atom is 0.349 e. The average molecular weight is 400 g/mol. The van der Waals surface area contributed by atoms with Crippen LogP contribution in [0.5, 0.6) is 5.75 Å². The summed E-state index contributed by atoms with van der Waals surface area (Å²) in [6.07, 6.45) is 2.22. The smallest absolute Gasteiger partial charge is 0.349 e. The first-order valence-electron chi connectivity index (χ1n) is 8.66. The lowest BCUT2D eigenvalue weighted by Crippen LogP contribution is -2.32. The first-order chi connectivity index (χ1) is 13.3. The Labute approximate surface area is 162 Å². The molecule has 0 saturated carbocycles. The van der Waals surface area contributed by atoms with Crippen LogP contribution in [-0.4, -0.2) is 29.5 Å². The van der Waals surface area contributed by atoms with Crippen molar-refractivity contribution in [3.8, 4) is 5.75 Å². The van der Waals surface area contributed by atoms with Crippen molar-refractivity contribution in [2.75, 3.05) is 6.61 Å². The third kappa shape index (κ3) is 3.38. The molecule has 0 radical (unpaired) electrons. The van der Waals surface area contributed by atoms with Crippen LogP contribution in [0.1, 0.15) is 28.4 Å². The number of aromatic nitrogens is 2. The van der Waals surface area contributed by atoms with Crippen molar-refractivity contribution >= 4 is 15.9 Å². The van der Waals surface area contributed by atoms with Crippen LogP contribution in [0, 0.1) is 13.8 Å². The van der Waals surface area contributed by atoms with Gasteiger partial charge in [0.15, 0.2) is 0 Å². The molecule has 0 fully saturated rings. The van der Waals surface area contributed by atoms with Gasteiger partial charge in [-0.3, -0.25) is 4.79 Å². The number of imidazole rings is 1. The van der Waals surface area contributed by atoms with E-state index in [2.05, 4.69) is 0 Å². The number of carbonyl (C=O) groups excluding carboxylic acids is 1. The number of hydrogen-bond donors (Lipinski definition) is 0. The van der Waals surface area contributed by atoms with E-state index >= 15 is 0 Å². The average Bonchev–Trinajstić information content (AvgIpc) is 3.06. The van der Waals surface area contributed by atoms with Gasteiger partial charge in [0, 0.05) is 12.4 Å². The number of hydrogen-bond acceptors (Lipinski definition) is 5. The summed E-state index contributed by atoms with van der Waals surface area (Å²) in [5.74, 6) is -0.338. The lowest BCUT2D eigenvalue weighted by molar-refractivity contribution is 0.0952. The highest BCUT2D eigenvalue weighted by Gasteiger charge is 2.24. The van der Waals surface area contributed by atoms with E-state index in [0.717, 1.165) is 28.1 Å². The molecule has 0 amide bonds. The molecule has 28 heavy (non-hydrogen) atoms. The van der Waals surface area contributed by atoms with Crippen molar-refractivity contribution < 1.29 is 17.9 Å². The first-order valence-corrected chi connectivity index (χ1v) is 10.1. The molecular weight excluding hydrogens is 380 g/mol. The highest BCUT2D eigenvalue weighted by molar-refractivity contribution is 7.90. The van der Waals surface area contributed by atoms with Crippen LogP contribution in [0.2, 0.25) is 0 Å². The highest BCUT2D eigenvalue weighted by atomic mass is 32.2. The molecule has 0 saturated heterocycles. The van der Waals surface area contributed by atoms with Gasteiger partial charge in [0.1, 0.15) is 5.75 Å². The van der Waals surface area contributed by atoms with Crippen LogP contribution >= 0.6 is 0 Å². The number of rotatable bonds is 5. The zero-order chi connectivity index (χ0) is 20.5. The summed E-state index contributed by atoms with van der Waals surface area (Å²) in [6, 6.07) is 11.1. The van der Waals surface area contributed by atoms with E-state index in [1.165, 1.54) is 18.2 Å². The zero-order valence-electron chi connectivity index (χ0n) is 15.7. The number of para-hydroxylation sites is 1. The third-order valence-corrected chi connectivity index (χ3v) is 6.06. The molecule has 3 rings (SSSR count). The quantitative estimate of drug-likeness (QED) is 0.657. The van der Waals surface area contributed by atoms with E-state index in [4.69, 9.17) is 4.74 Å². The van der Waals surface area contributed by atoms with Crippen molar-refractivity contribution in [3.05, 3.63) is 82.0 Å². The van der Waals surface area contributed by atoms with Crippen LogP contribution in [0.4, 0.5) is 0 Å². The van der Waals surface area contributed by atoms with E-state index < -0.39 is 21.6 Å². The molecule has 0 aliphatic rings. The van der Waals surface area contributed by atoms with E-state index in [0.29, 0.717) is 16.3 Å². The van der Waals surface area contributed by atoms with Gasteiger partial charge in [-0.2, -0.15) is 3.97 Å². The van der Waals surface area contributed by atoms with Crippen LogP contribution < -0.4 is 10.4 Å². The number of nitrogens with zero attached hydrogens (tertiary/aromatic N) is 2. The lowest BCUT2D eigenvalue weighted by Gasteiger charge is -2.09. The van der Waals surface area contributed by atoms with Crippen molar-refractivity contribution in [1.82, 2.24) is 8.54 Å². The molecule has 0 aliphatic heterocycles. The van der Waals surface area contributed by atoms with Crippen LogP contribution in [0.15, 0.2) is 64.5 Å². The molecule has 0 N–H and O–H groups in total. The zero-order valence-corrected chi connectivity index (χ0v) is 16.6. The Bertz CT molecular complexity index is 1210. The fraction of sp³-hybridized carbons (Fsp3) is 0.200. The molecule has 8 heteroatoms. The topological polar surface area (TPSA) is 87.4 Å². The van der Waals surface area contributed by atoms with Gasteiger partial charge in [-0.05, 0) is 56.2 Å². The molecule has 0 spiro atoms. The van der Waals surface area contributed by atoms with E-state index in [1.807, 2.05) is 6.92 Å². The van der Waals surface area contributed by atoms with Gasteiger partial charge < -0.3 is 4.74 Å². The molecule has 146 valence electrons. The van der Waals surface area contributed by atoms with E-state index in [-0.39, 0.29) is 10.5 Å². The summed E-state index contributed by atoms with van der Waals surface area (Å²) in [5.41, 5.74) is 0.934. The van der Waals surface area contributed by atoms with Crippen molar-refractivity contribution in [2.45, 2.75) is 25.7 Å². The summed E-state index contributed by atoms with van der Waals surface area (Å²) < 4.78 is 32.5. The minimum Gasteiger partial charge on any atom is -0.493 e. The van der Waals surface area contributed by atoms with Crippen molar-refractivity contribution in [2.24, 2.45) is 0 Å². The Morgan fingerprint density at radius 2 is 1.75 bits per heavy atom. The van der Waals surface area contributed by atoms with Crippen LogP contribution in [0.25, 0.3) is 0 Å². The second-order valence-electron chi connectivity index (χ2n) is 6.23. The Hall–Kier alpha value is -3.13. The molecule has 0 aliphatic carbocycles. The fourth-order valence-electron chi connectivity index (χ4n) is 2.74. The number of ether oxygens (including phenoxy) is 1. The second kappa shape index (κ2) is 7.47. The molecule has 1 aromatic heterocycles. The molecule has 0 unspecified atom stereocenters. The normalized spacial score (nSPS) is 11.4. The fourth-order valence-corrected chi connectivity index (χ4v) is 4.04. The van der Waals surface area contributed by atoms with Gasteiger partial charge in [-0.25, -0.2) is 17.8 Å². The number of benzene rings is 2. The molecule has 3 aromatic rings. The Kier molecular flexibility index (Phi) is 5.24.